The normalized spacial score (nSPS) is 11.8. The van der Waals surface area contributed by atoms with Gasteiger partial charge in [0.15, 0.2) is 5.58 Å². The summed E-state index contributed by atoms with van der Waals surface area (Å²) in [7, 11) is 0. The Morgan fingerprint density at radius 2 is 1.86 bits per heavy atom. The van der Waals surface area contributed by atoms with E-state index in [2.05, 4.69) is 10.3 Å². The van der Waals surface area contributed by atoms with Crippen LogP contribution in [0.2, 0.25) is 5.02 Å². The minimum atomic E-state index is -4.53. The SMILES string of the molecule is FC(F)(F)c1cc(Cl)ccc1Nc1nc2ccccc2o1. The molecule has 0 spiro atoms. The van der Waals surface area contributed by atoms with Gasteiger partial charge < -0.3 is 9.73 Å². The zero-order valence-electron chi connectivity index (χ0n) is 10.4. The molecular weight excluding hydrogens is 305 g/mol. The molecule has 1 aromatic heterocycles. The minimum absolute atomic E-state index is 0.00504. The molecule has 0 aliphatic heterocycles. The number of oxazole rings is 1. The van der Waals surface area contributed by atoms with Gasteiger partial charge in [0, 0.05) is 5.02 Å². The van der Waals surface area contributed by atoms with Crippen LogP contribution >= 0.6 is 11.6 Å². The second-order valence-electron chi connectivity index (χ2n) is 4.30. The summed E-state index contributed by atoms with van der Waals surface area (Å²) in [5, 5.41) is 2.54. The van der Waals surface area contributed by atoms with Crippen molar-refractivity contribution in [2.24, 2.45) is 0 Å². The molecule has 3 rings (SSSR count). The highest BCUT2D eigenvalue weighted by atomic mass is 35.5. The molecule has 0 fully saturated rings. The molecule has 0 saturated carbocycles. The molecule has 0 radical (unpaired) electrons. The number of para-hydroxylation sites is 2. The molecular formula is C14H8ClF3N2O. The molecule has 1 N–H and O–H groups in total. The molecule has 0 unspecified atom stereocenters. The average Bonchev–Trinajstić information content (AvgIpc) is 2.82. The van der Waals surface area contributed by atoms with Gasteiger partial charge in [0.1, 0.15) is 5.52 Å². The van der Waals surface area contributed by atoms with Gasteiger partial charge in [-0.05, 0) is 30.3 Å². The predicted molar refractivity (Wildman–Crippen MR) is 73.7 cm³/mol. The monoisotopic (exact) mass is 312 g/mol. The number of nitrogens with zero attached hydrogens (tertiary/aromatic N) is 1. The van der Waals surface area contributed by atoms with Gasteiger partial charge in [0.25, 0.3) is 6.01 Å². The fourth-order valence-electron chi connectivity index (χ4n) is 1.90. The largest absolute Gasteiger partial charge is 0.423 e. The quantitative estimate of drug-likeness (QED) is 0.703. The number of anilines is 2. The lowest BCUT2D eigenvalue weighted by molar-refractivity contribution is -0.136. The number of rotatable bonds is 2. The molecule has 108 valence electrons. The Kier molecular flexibility index (Phi) is 3.25. The van der Waals surface area contributed by atoms with Crippen LogP contribution in [-0.2, 0) is 6.18 Å². The van der Waals surface area contributed by atoms with E-state index in [1.54, 1.807) is 24.3 Å². The number of hydrogen-bond donors (Lipinski definition) is 1. The first-order valence-electron chi connectivity index (χ1n) is 5.93. The lowest BCUT2D eigenvalue weighted by Gasteiger charge is -2.12. The Bertz CT molecular complexity index is 765. The van der Waals surface area contributed by atoms with Gasteiger partial charge in [0.2, 0.25) is 0 Å². The summed E-state index contributed by atoms with van der Waals surface area (Å²) in [5.41, 5.74) is 0.000701. The van der Waals surface area contributed by atoms with E-state index in [1.807, 2.05) is 0 Å². The van der Waals surface area contributed by atoms with Crippen LogP contribution in [0.15, 0.2) is 46.9 Å². The highest BCUT2D eigenvalue weighted by Gasteiger charge is 2.34. The number of hydrogen-bond acceptors (Lipinski definition) is 3. The lowest BCUT2D eigenvalue weighted by atomic mass is 10.1. The second-order valence-corrected chi connectivity index (χ2v) is 4.74. The first kappa shape index (κ1) is 13.8. The van der Waals surface area contributed by atoms with E-state index in [-0.39, 0.29) is 16.7 Å². The van der Waals surface area contributed by atoms with Gasteiger partial charge >= 0.3 is 6.18 Å². The van der Waals surface area contributed by atoms with Crippen LogP contribution in [0.1, 0.15) is 5.56 Å². The summed E-state index contributed by atoms with van der Waals surface area (Å²) in [4.78, 5) is 4.08. The van der Waals surface area contributed by atoms with E-state index in [4.69, 9.17) is 16.0 Å². The zero-order valence-corrected chi connectivity index (χ0v) is 11.2. The summed E-state index contributed by atoms with van der Waals surface area (Å²) < 4.78 is 44.3. The smallest absolute Gasteiger partial charge is 0.418 e. The van der Waals surface area contributed by atoms with Gasteiger partial charge in [-0.25, -0.2) is 0 Å². The van der Waals surface area contributed by atoms with Crippen molar-refractivity contribution >= 4 is 34.4 Å². The fraction of sp³-hybridized carbons (Fsp3) is 0.0714. The third kappa shape index (κ3) is 2.80. The lowest BCUT2D eigenvalue weighted by Crippen LogP contribution is -2.08. The maximum atomic E-state index is 13.0. The molecule has 0 aliphatic rings. The van der Waals surface area contributed by atoms with E-state index in [1.165, 1.54) is 12.1 Å². The van der Waals surface area contributed by atoms with Crippen molar-refractivity contribution in [3.8, 4) is 0 Å². The number of benzene rings is 2. The molecule has 7 heteroatoms. The number of fused-ring (bicyclic) bond motifs is 1. The van der Waals surface area contributed by atoms with Crippen LogP contribution < -0.4 is 5.32 Å². The van der Waals surface area contributed by atoms with Crippen LogP contribution in [0.5, 0.6) is 0 Å². The third-order valence-corrected chi connectivity index (χ3v) is 3.06. The summed E-state index contributed by atoms with van der Waals surface area (Å²) in [6, 6.07) is 10.3. The van der Waals surface area contributed by atoms with E-state index in [9.17, 15) is 13.2 Å². The highest BCUT2D eigenvalue weighted by Crippen LogP contribution is 2.37. The first-order chi connectivity index (χ1) is 9.93. The van der Waals surface area contributed by atoms with Crippen LogP contribution in [0.3, 0.4) is 0 Å². The van der Waals surface area contributed by atoms with E-state index in [0.29, 0.717) is 11.1 Å². The molecule has 3 aromatic rings. The van der Waals surface area contributed by atoms with Crippen LogP contribution in [0.4, 0.5) is 24.9 Å². The predicted octanol–water partition coefficient (Wildman–Crippen LogP) is 5.24. The second kappa shape index (κ2) is 4.96. The standard InChI is InChI=1S/C14H8ClF3N2O/c15-8-5-6-10(9(7-8)14(16,17)18)19-13-20-11-3-1-2-4-12(11)21-13/h1-7H,(H,19,20). The van der Waals surface area contributed by atoms with Crippen LogP contribution in [0.25, 0.3) is 11.1 Å². The Morgan fingerprint density at radius 3 is 2.57 bits per heavy atom. The molecule has 1 heterocycles. The maximum absolute atomic E-state index is 13.0. The summed E-state index contributed by atoms with van der Waals surface area (Å²) in [6.07, 6.45) is -4.53. The van der Waals surface area contributed by atoms with Crippen LogP contribution in [0, 0.1) is 0 Å². The average molecular weight is 313 g/mol. The maximum Gasteiger partial charge on any atom is 0.418 e. The van der Waals surface area contributed by atoms with Crippen molar-refractivity contribution in [1.29, 1.82) is 0 Å². The molecule has 0 saturated heterocycles. The highest BCUT2D eigenvalue weighted by molar-refractivity contribution is 6.30. The third-order valence-electron chi connectivity index (χ3n) is 2.82. The Labute approximate surface area is 122 Å². The van der Waals surface area contributed by atoms with Crippen molar-refractivity contribution < 1.29 is 17.6 Å². The summed E-state index contributed by atoms with van der Waals surface area (Å²) in [6.45, 7) is 0. The Balaban J connectivity index is 2.01. The van der Waals surface area contributed by atoms with E-state index in [0.717, 1.165) is 6.07 Å². The summed E-state index contributed by atoms with van der Waals surface area (Å²) in [5.74, 6) is 0. The number of alkyl halides is 3. The molecule has 0 aliphatic carbocycles. The van der Waals surface area contributed by atoms with Gasteiger partial charge in [-0.1, -0.05) is 23.7 Å². The van der Waals surface area contributed by atoms with Crippen molar-refractivity contribution in [3.05, 3.63) is 53.1 Å². The topological polar surface area (TPSA) is 38.1 Å². The van der Waals surface area contributed by atoms with Crippen molar-refractivity contribution in [3.63, 3.8) is 0 Å². The van der Waals surface area contributed by atoms with Crippen molar-refractivity contribution in [2.75, 3.05) is 5.32 Å². The van der Waals surface area contributed by atoms with Gasteiger partial charge in [-0.3, -0.25) is 0 Å². The first-order valence-corrected chi connectivity index (χ1v) is 6.30. The molecule has 0 bridgehead atoms. The van der Waals surface area contributed by atoms with E-state index < -0.39 is 11.7 Å². The summed E-state index contributed by atoms with van der Waals surface area (Å²) >= 11 is 5.62. The van der Waals surface area contributed by atoms with Gasteiger partial charge in [-0.2, -0.15) is 18.2 Å². The van der Waals surface area contributed by atoms with Crippen molar-refractivity contribution in [1.82, 2.24) is 4.98 Å². The molecule has 0 atom stereocenters. The molecule has 3 nitrogen and oxygen atoms in total. The minimum Gasteiger partial charge on any atom is -0.423 e. The number of nitrogens with one attached hydrogen (secondary N) is 1. The number of aromatic nitrogens is 1. The zero-order chi connectivity index (χ0) is 15.0. The fourth-order valence-corrected chi connectivity index (χ4v) is 2.07. The molecule has 0 amide bonds. The Morgan fingerprint density at radius 1 is 1.10 bits per heavy atom. The van der Waals surface area contributed by atoms with Gasteiger partial charge in [-0.15, -0.1) is 0 Å². The van der Waals surface area contributed by atoms with Crippen LogP contribution in [-0.4, -0.2) is 4.98 Å². The molecule has 2 aromatic carbocycles. The van der Waals surface area contributed by atoms with E-state index >= 15 is 0 Å². The number of halogens is 4. The Hall–Kier alpha value is -2.21. The molecule has 21 heavy (non-hydrogen) atoms. The van der Waals surface area contributed by atoms with Gasteiger partial charge in [0.05, 0.1) is 11.3 Å². The van der Waals surface area contributed by atoms with Crippen molar-refractivity contribution in [2.45, 2.75) is 6.18 Å².